The fourth-order valence-corrected chi connectivity index (χ4v) is 1.63. The minimum absolute atomic E-state index is 0.0263. The van der Waals surface area contributed by atoms with Gasteiger partial charge in [0, 0.05) is 38.1 Å². The molecule has 1 aromatic heterocycles. The molecular weight excluding hydrogens is 240 g/mol. The SMILES string of the molecule is CCCNc1cc(NCC(C)(C)C(=O)NC)ccn1. The van der Waals surface area contributed by atoms with E-state index in [1.165, 1.54) is 0 Å². The fraction of sp³-hybridized carbons (Fsp3) is 0.571. The first-order valence-corrected chi connectivity index (χ1v) is 6.65. The number of nitrogens with zero attached hydrogens (tertiary/aromatic N) is 1. The van der Waals surface area contributed by atoms with Crippen LogP contribution in [0.25, 0.3) is 0 Å². The lowest BCUT2D eigenvalue weighted by molar-refractivity contribution is -0.128. The first kappa shape index (κ1) is 15.3. The zero-order valence-electron chi connectivity index (χ0n) is 12.2. The number of nitrogens with one attached hydrogen (secondary N) is 3. The molecule has 0 spiro atoms. The number of hydrogen-bond acceptors (Lipinski definition) is 4. The van der Waals surface area contributed by atoms with Gasteiger partial charge in [-0.2, -0.15) is 0 Å². The Hall–Kier alpha value is -1.78. The summed E-state index contributed by atoms with van der Waals surface area (Å²) in [5.41, 5.74) is 0.514. The summed E-state index contributed by atoms with van der Waals surface area (Å²) in [6.45, 7) is 7.41. The van der Waals surface area contributed by atoms with Crippen molar-refractivity contribution >= 4 is 17.4 Å². The maximum Gasteiger partial charge on any atom is 0.227 e. The molecule has 1 rings (SSSR count). The molecule has 1 amide bonds. The summed E-state index contributed by atoms with van der Waals surface area (Å²) in [6.07, 6.45) is 2.82. The number of carbonyl (C=O) groups is 1. The highest BCUT2D eigenvalue weighted by Crippen LogP contribution is 2.18. The van der Waals surface area contributed by atoms with Gasteiger partial charge in [0.1, 0.15) is 5.82 Å². The molecule has 0 unspecified atom stereocenters. The van der Waals surface area contributed by atoms with E-state index in [0.29, 0.717) is 6.54 Å². The number of anilines is 2. The highest BCUT2D eigenvalue weighted by molar-refractivity contribution is 5.82. The van der Waals surface area contributed by atoms with Gasteiger partial charge in [-0.3, -0.25) is 4.79 Å². The predicted octanol–water partition coefficient (Wildman–Crippen LogP) is 2.09. The molecule has 19 heavy (non-hydrogen) atoms. The molecule has 0 fully saturated rings. The summed E-state index contributed by atoms with van der Waals surface area (Å²) < 4.78 is 0. The Balaban J connectivity index is 2.60. The first-order chi connectivity index (χ1) is 8.99. The second kappa shape index (κ2) is 6.97. The normalized spacial score (nSPS) is 10.9. The van der Waals surface area contributed by atoms with E-state index in [1.807, 2.05) is 26.0 Å². The molecule has 5 heteroatoms. The molecule has 0 saturated carbocycles. The van der Waals surface area contributed by atoms with Crippen LogP contribution in [-0.2, 0) is 4.79 Å². The number of carbonyl (C=O) groups excluding carboxylic acids is 1. The number of aromatic nitrogens is 1. The highest BCUT2D eigenvalue weighted by atomic mass is 16.2. The molecule has 0 aliphatic rings. The molecule has 0 aliphatic carbocycles. The third kappa shape index (κ3) is 4.77. The van der Waals surface area contributed by atoms with Crippen molar-refractivity contribution in [3.63, 3.8) is 0 Å². The minimum atomic E-state index is -0.449. The molecule has 0 aromatic carbocycles. The number of hydrogen-bond donors (Lipinski definition) is 3. The van der Waals surface area contributed by atoms with Gasteiger partial charge in [0.15, 0.2) is 0 Å². The standard InChI is InChI=1S/C14H24N4O/c1-5-7-16-12-9-11(6-8-17-12)18-10-14(2,3)13(19)15-4/h6,8-9H,5,7,10H2,1-4H3,(H,15,19)(H2,16,17,18). The van der Waals surface area contributed by atoms with Gasteiger partial charge >= 0.3 is 0 Å². The lowest BCUT2D eigenvalue weighted by Crippen LogP contribution is -2.39. The summed E-state index contributed by atoms with van der Waals surface area (Å²) in [4.78, 5) is 15.9. The molecule has 1 heterocycles. The van der Waals surface area contributed by atoms with Crippen LogP contribution >= 0.6 is 0 Å². The minimum Gasteiger partial charge on any atom is -0.384 e. The fourth-order valence-electron chi connectivity index (χ4n) is 1.63. The van der Waals surface area contributed by atoms with Crippen LogP contribution in [0.5, 0.6) is 0 Å². The summed E-state index contributed by atoms with van der Waals surface area (Å²) in [7, 11) is 1.66. The highest BCUT2D eigenvalue weighted by Gasteiger charge is 2.26. The Kier molecular flexibility index (Phi) is 5.60. The van der Waals surface area contributed by atoms with Crippen LogP contribution in [0.4, 0.5) is 11.5 Å². The van der Waals surface area contributed by atoms with Gasteiger partial charge in [0.05, 0.1) is 5.41 Å². The van der Waals surface area contributed by atoms with Gasteiger partial charge in [-0.05, 0) is 26.3 Å². The van der Waals surface area contributed by atoms with E-state index >= 15 is 0 Å². The second-order valence-corrected chi connectivity index (χ2v) is 5.17. The lowest BCUT2D eigenvalue weighted by Gasteiger charge is -2.23. The van der Waals surface area contributed by atoms with Crippen LogP contribution in [0.15, 0.2) is 18.3 Å². The Morgan fingerprint density at radius 1 is 1.37 bits per heavy atom. The smallest absolute Gasteiger partial charge is 0.227 e. The number of pyridine rings is 1. The summed E-state index contributed by atoms with van der Waals surface area (Å²) in [5, 5.41) is 9.19. The molecular formula is C14H24N4O. The maximum absolute atomic E-state index is 11.7. The molecule has 106 valence electrons. The third-order valence-corrected chi connectivity index (χ3v) is 2.89. The molecule has 0 saturated heterocycles. The van der Waals surface area contributed by atoms with Gasteiger partial charge in [-0.25, -0.2) is 4.98 Å². The molecule has 3 N–H and O–H groups in total. The van der Waals surface area contributed by atoms with E-state index < -0.39 is 5.41 Å². The third-order valence-electron chi connectivity index (χ3n) is 2.89. The van der Waals surface area contributed by atoms with E-state index in [4.69, 9.17) is 0 Å². The van der Waals surface area contributed by atoms with Crippen LogP contribution < -0.4 is 16.0 Å². The molecule has 0 atom stereocenters. The Bertz CT molecular complexity index is 418. The number of rotatable bonds is 7. The van der Waals surface area contributed by atoms with Gasteiger partial charge < -0.3 is 16.0 Å². The molecule has 0 radical (unpaired) electrons. The monoisotopic (exact) mass is 264 g/mol. The van der Waals surface area contributed by atoms with Crippen molar-refractivity contribution in [1.82, 2.24) is 10.3 Å². The van der Waals surface area contributed by atoms with E-state index in [1.54, 1.807) is 13.2 Å². The summed E-state index contributed by atoms with van der Waals surface area (Å²) in [5.74, 6) is 0.878. The van der Waals surface area contributed by atoms with Crippen molar-refractivity contribution in [1.29, 1.82) is 0 Å². The van der Waals surface area contributed by atoms with Crippen molar-refractivity contribution in [2.75, 3.05) is 30.8 Å². The van der Waals surface area contributed by atoms with Gasteiger partial charge in [0.2, 0.25) is 5.91 Å². The molecule has 5 nitrogen and oxygen atoms in total. The lowest BCUT2D eigenvalue weighted by atomic mass is 9.92. The zero-order valence-corrected chi connectivity index (χ0v) is 12.2. The largest absolute Gasteiger partial charge is 0.384 e. The Labute approximate surface area is 115 Å². The number of amides is 1. The van der Waals surface area contributed by atoms with Crippen molar-refractivity contribution in [3.05, 3.63) is 18.3 Å². The van der Waals surface area contributed by atoms with E-state index in [9.17, 15) is 4.79 Å². The quantitative estimate of drug-likeness (QED) is 0.705. The second-order valence-electron chi connectivity index (χ2n) is 5.17. The van der Waals surface area contributed by atoms with Crippen molar-refractivity contribution in [2.45, 2.75) is 27.2 Å². The van der Waals surface area contributed by atoms with Crippen molar-refractivity contribution in [2.24, 2.45) is 5.41 Å². The van der Waals surface area contributed by atoms with Crippen LogP contribution in [0, 0.1) is 5.41 Å². The van der Waals surface area contributed by atoms with E-state index in [2.05, 4.69) is 27.9 Å². The van der Waals surface area contributed by atoms with E-state index in [-0.39, 0.29) is 5.91 Å². The van der Waals surface area contributed by atoms with Crippen molar-refractivity contribution < 1.29 is 4.79 Å². The summed E-state index contributed by atoms with van der Waals surface area (Å²) >= 11 is 0. The van der Waals surface area contributed by atoms with Gasteiger partial charge in [-0.15, -0.1) is 0 Å². The Morgan fingerprint density at radius 3 is 2.74 bits per heavy atom. The van der Waals surface area contributed by atoms with Crippen LogP contribution in [0.3, 0.4) is 0 Å². The average molecular weight is 264 g/mol. The van der Waals surface area contributed by atoms with Gasteiger partial charge in [-0.1, -0.05) is 6.92 Å². The van der Waals surface area contributed by atoms with Gasteiger partial charge in [0.25, 0.3) is 0 Å². The predicted molar refractivity (Wildman–Crippen MR) is 79.4 cm³/mol. The molecule has 0 aliphatic heterocycles. The van der Waals surface area contributed by atoms with E-state index in [0.717, 1.165) is 24.5 Å². The van der Waals surface area contributed by atoms with Crippen LogP contribution in [-0.4, -0.2) is 31.0 Å². The maximum atomic E-state index is 11.7. The topological polar surface area (TPSA) is 66.0 Å². The summed E-state index contributed by atoms with van der Waals surface area (Å²) in [6, 6.07) is 3.85. The Morgan fingerprint density at radius 2 is 2.11 bits per heavy atom. The first-order valence-electron chi connectivity index (χ1n) is 6.65. The van der Waals surface area contributed by atoms with Crippen LogP contribution in [0.2, 0.25) is 0 Å². The zero-order chi connectivity index (χ0) is 14.3. The van der Waals surface area contributed by atoms with Crippen molar-refractivity contribution in [3.8, 4) is 0 Å². The average Bonchev–Trinajstić information content (AvgIpc) is 2.42. The van der Waals surface area contributed by atoms with Crippen LogP contribution in [0.1, 0.15) is 27.2 Å². The molecule has 1 aromatic rings. The molecule has 0 bridgehead atoms.